The Morgan fingerprint density at radius 1 is 1.35 bits per heavy atom. The molecule has 1 unspecified atom stereocenters. The summed E-state index contributed by atoms with van der Waals surface area (Å²) in [5.41, 5.74) is -0.224. The van der Waals surface area contributed by atoms with Gasteiger partial charge in [0.05, 0.1) is 0 Å². The van der Waals surface area contributed by atoms with Crippen LogP contribution in [0.25, 0.3) is 0 Å². The Balaban J connectivity index is 2.89. The van der Waals surface area contributed by atoms with Crippen molar-refractivity contribution in [1.29, 1.82) is 0 Å². The van der Waals surface area contributed by atoms with E-state index < -0.39 is 0 Å². The molecule has 1 fully saturated rings. The highest BCUT2D eigenvalue weighted by atomic mass is 16.2. The van der Waals surface area contributed by atoms with Crippen LogP contribution in [0.2, 0.25) is 0 Å². The molecule has 1 rings (SSSR count). The average Bonchev–Trinajstić information content (AvgIpc) is 2.25. The zero-order chi connectivity index (χ0) is 13.2. The van der Waals surface area contributed by atoms with Gasteiger partial charge in [-0.25, -0.2) is 0 Å². The van der Waals surface area contributed by atoms with E-state index in [2.05, 4.69) is 19.2 Å². The third-order valence-corrected chi connectivity index (χ3v) is 2.98. The lowest BCUT2D eigenvalue weighted by Gasteiger charge is -2.36. The Labute approximate surface area is 104 Å². The van der Waals surface area contributed by atoms with E-state index in [1.807, 2.05) is 25.7 Å². The lowest BCUT2D eigenvalue weighted by atomic mass is 10.00. The van der Waals surface area contributed by atoms with Gasteiger partial charge >= 0.3 is 0 Å². The summed E-state index contributed by atoms with van der Waals surface area (Å²) in [6.45, 7) is 10.7. The van der Waals surface area contributed by atoms with Crippen molar-refractivity contribution in [3.05, 3.63) is 0 Å². The maximum absolute atomic E-state index is 12.4. The number of nitrogens with one attached hydrogen (secondary N) is 1. The van der Waals surface area contributed by atoms with Crippen molar-refractivity contribution >= 4 is 11.8 Å². The Hall–Kier alpha value is -1.06. The van der Waals surface area contributed by atoms with E-state index >= 15 is 0 Å². The quantitative estimate of drug-likeness (QED) is 0.796. The second-order valence-electron chi connectivity index (χ2n) is 6.16. The van der Waals surface area contributed by atoms with Crippen LogP contribution in [-0.4, -0.2) is 34.8 Å². The molecule has 0 saturated carbocycles. The number of hydrogen-bond donors (Lipinski definition) is 1. The van der Waals surface area contributed by atoms with Crippen LogP contribution in [0, 0.1) is 5.92 Å². The van der Waals surface area contributed by atoms with Crippen LogP contribution in [0.3, 0.4) is 0 Å². The molecule has 0 aromatic rings. The first-order chi connectivity index (χ1) is 7.71. The molecule has 4 heteroatoms. The minimum Gasteiger partial charge on any atom is -0.344 e. The molecule has 0 aromatic heterocycles. The van der Waals surface area contributed by atoms with Crippen molar-refractivity contribution in [1.82, 2.24) is 10.2 Å². The molecule has 1 saturated heterocycles. The fourth-order valence-corrected chi connectivity index (χ4v) is 2.14. The summed E-state index contributed by atoms with van der Waals surface area (Å²) < 4.78 is 0. The molecule has 4 nitrogen and oxygen atoms in total. The Kier molecular flexibility index (Phi) is 4.17. The summed E-state index contributed by atoms with van der Waals surface area (Å²) in [5.74, 6) is 0.428. The molecule has 1 aliphatic heterocycles. The molecular formula is C13H24N2O2. The third kappa shape index (κ3) is 3.72. The smallest absolute Gasteiger partial charge is 0.245 e. The van der Waals surface area contributed by atoms with E-state index in [1.165, 1.54) is 0 Å². The first-order valence-corrected chi connectivity index (χ1v) is 6.32. The molecule has 1 N–H and O–H groups in total. The van der Waals surface area contributed by atoms with E-state index in [9.17, 15) is 9.59 Å². The van der Waals surface area contributed by atoms with Crippen molar-refractivity contribution in [3.63, 3.8) is 0 Å². The van der Waals surface area contributed by atoms with E-state index in [0.29, 0.717) is 25.3 Å². The van der Waals surface area contributed by atoms with Crippen LogP contribution in [0.5, 0.6) is 0 Å². The highest BCUT2D eigenvalue weighted by Crippen LogP contribution is 2.19. The monoisotopic (exact) mass is 240 g/mol. The Morgan fingerprint density at radius 3 is 2.41 bits per heavy atom. The van der Waals surface area contributed by atoms with Gasteiger partial charge in [-0.05, 0) is 33.1 Å². The summed E-state index contributed by atoms with van der Waals surface area (Å²) in [5, 5.41) is 2.83. The molecule has 0 bridgehead atoms. The summed E-state index contributed by atoms with van der Waals surface area (Å²) in [6.07, 6.45) is 1.11. The van der Waals surface area contributed by atoms with Crippen LogP contribution in [0.15, 0.2) is 0 Å². The van der Waals surface area contributed by atoms with E-state index in [-0.39, 0.29) is 23.4 Å². The number of nitrogens with zero attached hydrogens (tertiary/aromatic N) is 1. The van der Waals surface area contributed by atoms with E-state index in [0.717, 1.165) is 0 Å². The number of hydrogen-bond acceptors (Lipinski definition) is 2. The van der Waals surface area contributed by atoms with Crippen LogP contribution in [-0.2, 0) is 9.59 Å². The van der Waals surface area contributed by atoms with Gasteiger partial charge in [-0.2, -0.15) is 0 Å². The number of carbonyl (C=O) groups is 2. The zero-order valence-electron chi connectivity index (χ0n) is 11.5. The fourth-order valence-electron chi connectivity index (χ4n) is 2.14. The van der Waals surface area contributed by atoms with Gasteiger partial charge in [0.15, 0.2) is 0 Å². The molecule has 98 valence electrons. The normalized spacial score (nSPS) is 22.7. The highest BCUT2D eigenvalue weighted by Gasteiger charge is 2.35. The maximum Gasteiger partial charge on any atom is 0.245 e. The van der Waals surface area contributed by atoms with Crippen molar-refractivity contribution < 1.29 is 9.59 Å². The first kappa shape index (κ1) is 14.0. The van der Waals surface area contributed by atoms with E-state index in [4.69, 9.17) is 0 Å². The SMILES string of the molecule is CC(C)CC1NC(=O)CCN(C(C)(C)C)C1=O. The standard InChI is InChI=1S/C13H24N2O2/c1-9(2)8-10-12(17)15(13(3,4)5)7-6-11(16)14-10/h9-10H,6-8H2,1-5H3,(H,14,16). The summed E-state index contributed by atoms with van der Waals surface area (Å²) >= 11 is 0. The largest absolute Gasteiger partial charge is 0.344 e. The van der Waals surface area contributed by atoms with Crippen molar-refractivity contribution in [3.8, 4) is 0 Å². The molecule has 0 aliphatic carbocycles. The number of rotatable bonds is 2. The predicted octanol–water partition coefficient (Wildman–Crippen LogP) is 1.55. The summed E-state index contributed by atoms with van der Waals surface area (Å²) in [4.78, 5) is 25.8. The summed E-state index contributed by atoms with van der Waals surface area (Å²) in [7, 11) is 0. The van der Waals surface area contributed by atoms with Gasteiger partial charge in [0, 0.05) is 18.5 Å². The summed E-state index contributed by atoms with van der Waals surface area (Å²) in [6, 6.07) is -0.357. The predicted molar refractivity (Wildman–Crippen MR) is 67.5 cm³/mol. The van der Waals surface area contributed by atoms with Gasteiger partial charge in [0.1, 0.15) is 6.04 Å². The van der Waals surface area contributed by atoms with Crippen LogP contribution in [0.4, 0.5) is 0 Å². The van der Waals surface area contributed by atoms with E-state index in [1.54, 1.807) is 0 Å². The first-order valence-electron chi connectivity index (χ1n) is 6.32. The van der Waals surface area contributed by atoms with Gasteiger partial charge in [-0.3, -0.25) is 9.59 Å². The lowest BCUT2D eigenvalue weighted by molar-refractivity contribution is -0.138. The van der Waals surface area contributed by atoms with Crippen molar-refractivity contribution in [2.75, 3.05) is 6.54 Å². The van der Waals surface area contributed by atoms with Gasteiger partial charge in [0.2, 0.25) is 11.8 Å². The average molecular weight is 240 g/mol. The minimum atomic E-state index is -0.357. The van der Waals surface area contributed by atoms with Crippen molar-refractivity contribution in [2.24, 2.45) is 5.92 Å². The molecule has 1 aliphatic rings. The fraction of sp³-hybridized carbons (Fsp3) is 0.846. The molecule has 0 radical (unpaired) electrons. The molecule has 1 atom stereocenters. The molecule has 0 spiro atoms. The lowest BCUT2D eigenvalue weighted by Crippen LogP contribution is -2.52. The molecular weight excluding hydrogens is 216 g/mol. The van der Waals surface area contributed by atoms with Gasteiger partial charge < -0.3 is 10.2 Å². The van der Waals surface area contributed by atoms with Gasteiger partial charge in [0.25, 0.3) is 0 Å². The topological polar surface area (TPSA) is 49.4 Å². The molecule has 2 amide bonds. The molecule has 1 heterocycles. The zero-order valence-corrected chi connectivity index (χ0v) is 11.5. The molecule has 0 aromatic carbocycles. The number of carbonyl (C=O) groups excluding carboxylic acids is 2. The second kappa shape index (κ2) is 5.07. The molecule has 17 heavy (non-hydrogen) atoms. The van der Waals surface area contributed by atoms with Crippen molar-refractivity contribution in [2.45, 2.75) is 59.0 Å². The van der Waals surface area contributed by atoms with Gasteiger partial charge in [-0.15, -0.1) is 0 Å². The Bertz CT molecular complexity index is 305. The highest BCUT2D eigenvalue weighted by molar-refractivity contribution is 5.90. The van der Waals surface area contributed by atoms with Crippen LogP contribution in [0.1, 0.15) is 47.5 Å². The Morgan fingerprint density at radius 2 is 1.94 bits per heavy atom. The maximum atomic E-state index is 12.4. The number of amides is 2. The third-order valence-electron chi connectivity index (χ3n) is 2.98. The van der Waals surface area contributed by atoms with Crippen LogP contribution >= 0.6 is 0 Å². The van der Waals surface area contributed by atoms with Gasteiger partial charge in [-0.1, -0.05) is 13.8 Å². The second-order valence-corrected chi connectivity index (χ2v) is 6.16. The van der Waals surface area contributed by atoms with Crippen LogP contribution < -0.4 is 5.32 Å². The minimum absolute atomic E-state index is 0.0178.